The second-order valence-corrected chi connectivity index (χ2v) is 8.30. The number of rotatable bonds is 15. The van der Waals surface area contributed by atoms with Gasteiger partial charge in [0.1, 0.15) is 0 Å². The first-order chi connectivity index (χ1) is 14.2. The molecule has 1 rings (SSSR count). The van der Waals surface area contributed by atoms with Crippen molar-refractivity contribution in [1.29, 1.82) is 0 Å². The molecule has 30 heavy (non-hydrogen) atoms. The molecular weight excluding hydrogens is 410 g/mol. The zero-order valence-corrected chi connectivity index (χ0v) is 19.0. The highest BCUT2D eigenvalue weighted by molar-refractivity contribution is 7.80. The summed E-state index contributed by atoms with van der Waals surface area (Å²) < 4.78 is 10.6. The van der Waals surface area contributed by atoms with E-state index in [1.54, 1.807) is 6.92 Å². The lowest BCUT2D eigenvalue weighted by Crippen LogP contribution is -2.36. The van der Waals surface area contributed by atoms with Gasteiger partial charge in [0.05, 0.1) is 18.6 Å². The van der Waals surface area contributed by atoms with E-state index in [1.807, 2.05) is 13.8 Å². The molecule has 172 valence electrons. The average molecular weight is 446 g/mol. The largest absolute Gasteiger partial charge is 0.381 e. The van der Waals surface area contributed by atoms with Gasteiger partial charge in [-0.3, -0.25) is 24.1 Å². The van der Waals surface area contributed by atoms with E-state index >= 15 is 0 Å². The molecule has 0 aliphatic carbocycles. The molecule has 1 aliphatic heterocycles. The summed E-state index contributed by atoms with van der Waals surface area (Å²) in [6, 6.07) is 0. The Hall–Kier alpha value is -1.65. The van der Waals surface area contributed by atoms with Crippen LogP contribution in [0.2, 0.25) is 0 Å². The number of nitrogens with one attached hydrogen (secondary N) is 2. The van der Waals surface area contributed by atoms with Gasteiger partial charge in [0, 0.05) is 51.4 Å². The monoisotopic (exact) mass is 445 g/mol. The fourth-order valence-corrected chi connectivity index (χ4v) is 3.05. The highest BCUT2D eigenvalue weighted by Crippen LogP contribution is 2.26. The summed E-state index contributed by atoms with van der Waals surface area (Å²) in [7, 11) is 0. The fraction of sp³-hybridized carbons (Fsp3) is 0.800. The van der Waals surface area contributed by atoms with Crippen LogP contribution >= 0.6 is 12.6 Å². The molecule has 1 saturated heterocycles. The first-order valence-corrected chi connectivity index (χ1v) is 11.0. The molecule has 0 saturated carbocycles. The van der Waals surface area contributed by atoms with Crippen molar-refractivity contribution in [2.45, 2.75) is 51.9 Å². The predicted molar refractivity (Wildman–Crippen MR) is 115 cm³/mol. The summed E-state index contributed by atoms with van der Waals surface area (Å²) in [6.07, 6.45) is 1.20. The Labute approximate surface area is 184 Å². The van der Waals surface area contributed by atoms with Crippen molar-refractivity contribution < 1.29 is 28.7 Å². The maximum atomic E-state index is 12.2. The van der Waals surface area contributed by atoms with Crippen LogP contribution in [-0.4, -0.2) is 73.4 Å². The Bertz CT molecular complexity index is 585. The summed E-state index contributed by atoms with van der Waals surface area (Å²) in [5.74, 6) is -0.853. The summed E-state index contributed by atoms with van der Waals surface area (Å²) in [5.41, 5.74) is -0.159. The quantitative estimate of drug-likeness (QED) is 0.148. The minimum absolute atomic E-state index is 0.0963. The highest BCUT2D eigenvalue weighted by Gasteiger charge is 2.39. The number of thiol groups is 1. The van der Waals surface area contributed by atoms with Gasteiger partial charge in [-0.2, -0.15) is 0 Å². The van der Waals surface area contributed by atoms with Gasteiger partial charge in [0.15, 0.2) is 0 Å². The number of nitrogens with zero attached hydrogens (tertiary/aromatic N) is 1. The SMILES string of the molecule is CC(C)C1CC(=O)N(CCC(=O)NCCCOCCC(=O)NCCO[C@H](C)S)C1=O. The summed E-state index contributed by atoms with van der Waals surface area (Å²) in [6.45, 7) is 7.77. The van der Waals surface area contributed by atoms with Gasteiger partial charge in [-0.15, -0.1) is 12.6 Å². The van der Waals surface area contributed by atoms with Crippen molar-refractivity contribution in [2.75, 3.05) is 39.5 Å². The Morgan fingerprint density at radius 1 is 1.07 bits per heavy atom. The maximum Gasteiger partial charge on any atom is 0.233 e. The van der Waals surface area contributed by atoms with Crippen molar-refractivity contribution >= 4 is 36.3 Å². The molecule has 1 unspecified atom stereocenters. The van der Waals surface area contributed by atoms with E-state index in [0.29, 0.717) is 39.3 Å². The number of imide groups is 1. The van der Waals surface area contributed by atoms with E-state index in [4.69, 9.17) is 9.47 Å². The minimum atomic E-state index is -0.273. The van der Waals surface area contributed by atoms with Crippen LogP contribution in [0.3, 0.4) is 0 Å². The molecule has 2 atom stereocenters. The van der Waals surface area contributed by atoms with Crippen molar-refractivity contribution in [2.24, 2.45) is 11.8 Å². The molecule has 0 aromatic rings. The number of carbonyl (C=O) groups excluding carboxylic acids is 4. The second-order valence-electron chi connectivity index (χ2n) is 7.57. The van der Waals surface area contributed by atoms with E-state index in [9.17, 15) is 19.2 Å². The van der Waals surface area contributed by atoms with Crippen LogP contribution in [0.4, 0.5) is 0 Å². The van der Waals surface area contributed by atoms with E-state index in [0.717, 1.165) is 0 Å². The second kappa shape index (κ2) is 14.4. The fourth-order valence-electron chi connectivity index (χ4n) is 2.94. The van der Waals surface area contributed by atoms with Crippen LogP contribution < -0.4 is 10.6 Å². The zero-order chi connectivity index (χ0) is 22.5. The third kappa shape index (κ3) is 10.4. The molecule has 0 bridgehead atoms. The standard InChI is InChI=1S/C20H35N3O6S/c1-14(2)16-13-19(26)23(20(16)27)9-5-17(24)21-7-4-10-28-11-6-18(25)22-8-12-29-15(3)30/h14-16,30H,4-13H2,1-3H3,(H,21,24)(H,22,25)/t15-,16?/m0/s1. The lowest BCUT2D eigenvalue weighted by molar-refractivity contribution is -0.140. The Morgan fingerprint density at radius 2 is 1.73 bits per heavy atom. The molecule has 10 heteroatoms. The first-order valence-electron chi connectivity index (χ1n) is 10.5. The van der Waals surface area contributed by atoms with Crippen LogP contribution in [0.1, 0.15) is 46.5 Å². The molecule has 0 aromatic heterocycles. The van der Waals surface area contributed by atoms with Crippen LogP contribution in [0, 0.1) is 11.8 Å². The number of hydrogen-bond acceptors (Lipinski definition) is 7. The van der Waals surface area contributed by atoms with Gasteiger partial charge in [0.2, 0.25) is 23.6 Å². The number of ether oxygens (including phenoxy) is 2. The maximum absolute atomic E-state index is 12.2. The number of amides is 4. The molecule has 1 aliphatic rings. The van der Waals surface area contributed by atoms with Gasteiger partial charge < -0.3 is 20.1 Å². The van der Waals surface area contributed by atoms with Gasteiger partial charge in [-0.25, -0.2) is 0 Å². The average Bonchev–Trinajstić information content (AvgIpc) is 2.96. The lowest BCUT2D eigenvalue weighted by atomic mass is 9.94. The number of likely N-dealkylation sites (tertiary alicyclic amines) is 1. The summed E-state index contributed by atoms with van der Waals surface area (Å²) >= 11 is 4.07. The smallest absolute Gasteiger partial charge is 0.233 e. The Balaban J connectivity index is 2.02. The summed E-state index contributed by atoms with van der Waals surface area (Å²) in [4.78, 5) is 48.8. The number of carbonyl (C=O) groups is 4. The van der Waals surface area contributed by atoms with E-state index < -0.39 is 0 Å². The molecule has 0 spiro atoms. The Morgan fingerprint density at radius 3 is 2.37 bits per heavy atom. The normalized spacial score (nSPS) is 17.5. The summed E-state index contributed by atoms with van der Waals surface area (Å²) in [5, 5.41) is 5.47. The van der Waals surface area contributed by atoms with Crippen molar-refractivity contribution in [3.05, 3.63) is 0 Å². The van der Waals surface area contributed by atoms with Crippen LogP contribution in [-0.2, 0) is 28.7 Å². The van der Waals surface area contributed by atoms with Crippen LogP contribution in [0.15, 0.2) is 0 Å². The van der Waals surface area contributed by atoms with Gasteiger partial charge in [-0.05, 0) is 19.3 Å². The van der Waals surface area contributed by atoms with E-state index in [-0.39, 0.29) is 66.7 Å². The molecule has 4 amide bonds. The minimum Gasteiger partial charge on any atom is -0.381 e. The highest BCUT2D eigenvalue weighted by atomic mass is 32.1. The molecule has 1 fully saturated rings. The van der Waals surface area contributed by atoms with Crippen LogP contribution in [0.5, 0.6) is 0 Å². The molecule has 0 radical (unpaired) electrons. The lowest BCUT2D eigenvalue weighted by Gasteiger charge is -2.16. The topological polar surface area (TPSA) is 114 Å². The van der Waals surface area contributed by atoms with E-state index in [1.165, 1.54) is 4.90 Å². The number of hydrogen-bond donors (Lipinski definition) is 3. The molecule has 2 N–H and O–H groups in total. The van der Waals surface area contributed by atoms with Crippen molar-refractivity contribution in [3.8, 4) is 0 Å². The molecule has 0 aromatic carbocycles. The zero-order valence-electron chi connectivity index (χ0n) is 18.1. The first kappa shape index (κ1) is 26.4. The van der Waals surface area contributed by atoms with Crippen LogP contribution in [0.25, 0.3) is 0 Å². The predicted octanol–water partition coefficient (Wildman–Crippen LogP) is 0.729. The third-order valence-electron chi connectivity index (χ3n) is 4.69. The van der Waals surface area contributed by atoms with Gasteiger partial charge in [0.25, 0.3) is 0 Å². The van der Waals surface area contributed by atoms with E-state index in [2.05, 4.69) is 23.3 Å². The Kier molecular flexibility index (Phi) is 12.6. The van der Waals surface area contributed by atoms with Crippen molar-refractivity contribution in [1.82, 2.24) is 15.5 Å². The molecular formula is C20H35N3O6S. The molecule has 9 nitrogen and oxygen atoms in total. The molecule has 1 heterocycles. The van der Waals surface area contributed by atoms with Crippen molar-refractivity contribution in [3.63, 3.8) is 0 Å². The van der Waals surface area contributed by atoms with Gasteiger partial charge in [-0.1, -0.05) is 13.8 Å². The van der Waals surface area contributed by atoms with Gasteiger partial charge >= 0.3 is 0 Å². The third-order valence-corrected chi connectivity index (χ3v) is 4.84.